The van der Waals surface area contributed by atoms with Crippen LogP contribution in [0.3, 0.4) is 0 Å². The van der Waals surface area contributed by atoms with Crippen molar-refractivity contribution >= 4 is 17.7 Å². The average molecular weight is 253 g/mol. The lowest BCUT2D eigenvalue weighted by molar-refractivity contribution is 0.281. The van der Waals surface area contributed by atoms with E-state index in [4.69, 9.17) is 5.11 Å². The van der Waals surface area contributed by atoms with Gasteiger partial charge >= 0.3 is 0 Å². The number of aliphatic hydroxyl groups excluding tert-OH is 1. The first-order chi connectivity index (χ1) is 8.11. The first kappa shape index (κ1) is 12.6. The lowest BCUT2D eigenvalue weighted by Crippen LogP contribution is -2.28. The van der Waals surface area contributed by atoms with Gasteiger partial charge in [-0.2, -0.15) is 11.8 Å². The summed E-state index contributed by atoms with van der Waals surface area (Å²) in [5.41, 5.74) is 0.762. The predicted molar refractivity (Wildman–Crippen MR) is 71.3 cm³/mol. The average Bonchev–Trinajstić information content (AvgIpc) is 2.50. The summed E-state index contributed by atoms with van der Waals surface area (Å²) >= 11 is 2.01. The van der Waals surface area contributed by atoms with Crippen molar-refractivity contribution in [1.29, 1.82) is 0 Å². The van der Waals surface area contributed by atoms with Crippen molar-refractivity contribution in [2.75, 3.05) is 23.7 Å². The van der Waals surface area contributed by atoms with Crippen LogP contribution >= 0.6 is 11.8 Å². The fourth-order valence-corrected chi connectivity index (χ4v) is 2.91. The molecule has 0 spiro atoms. The minimum absolute atomic E-state index is 0.00314. The van der Waals surface area contributed by atoms with E-state index in [0.29, 0.717) is 4.75 Å². The Kier molecular flexibility index (Phi) is 3.89. The molecule has 1 saturated heterocycles. The molecule has 0 aromatic carbocycles. The topological polar surface area (TPSA) is 49.2 Å². The third kappa shape index (κ3) is 3.33. The van der Waals surface area contributed by atoms with Crippen LogP contribution in [0.15, 0.2) is 12.4 Å². The molecule has 1 aromatic heterocycles. The van der Waals surface area contributed by atoms with Crippen molar-refractivity contribution < 1.29 is 5.11 Å². The van der Waals surface area contributed by atoms with Crippen LogP contribution in [0, 0.1) is 0 Å². The molecule has 1 aromatic rings. The van der Waals surface area contributed by atoms with Crippen LogP contribution in [0.1, 0.15) is 25.8 Å². The minimum Gasteiger partial charge on any atom is -0.392 e. The summed E-state index contributed by atoms with van der Waals surface area (Å²) in [6.45, 7) is 6.57. The molecule has 1 aliphatic heterocycles. The van der Waals surface area contributed by atoms with E-state index in [9.17, 15) is 0 Å². The molecule has 5 heteroatoms. The Bertz CT molecular complexity index is 367. The number of rotatable bonds is 2. The molecule has 0 amide bonds. The van der Waals surface area contributed by atoms with Gasteiger partial charge in [0.1, 0.15) is 0 Å². The van der Waals surface area contributed by atoms with Gasteiger partial charge in [0.15, 0.2) is 0 Å². The molecule has 0 saturated carbocycles. The summed E-state index contributed by atoms with van der Waals surface area (Å²) < 4.78 is 0.347. The monoisotopic (exact) mass is 253 g/mol. The maximum absolute atomic E-state index is 8.96. The quantitative estimate of drug-likeness (QED) is 0.869. The molecule has 2 rings (SSSR count). The number of nitrogens with zero attached hydrogens (tertiary/aromatic N) is 3. The molecular formula is C12H19N3OS. The van der Waals surface area contributed by atoms with Gasteiger partial charge in [0.2, 0.25) is 5.95 Å². The molecule has 1 aliphatic rings. The van der Waals surface area contributed by atoms with E-state index in [1.54, 1.807) is 12.4 Å². The molecule has 0 unspecified atom stereocenters. The highest BCUT2D eigenvalue weighted by atomic mass is 32.2. The summed E-state index contributed by atoms with van der Waals surface area (Å²) in [6.07, 6.45) is 4.54. The highest BCUT2D eigenvalue weighted by Crippen LogP contribution is 2.31. The van der Waals surface area contributed by atoms with E-state index < -0.39 is 0 Å². The molecule has 0 radical (unpaired) electrons. The fourth-order valence-electron chi connectivity index (χ4n) is 1.81. The predicted octanol–water partition coefficient (Wildman–Crippen LogP) is 1.69. The van der Waals surface area contributed by atoms with Crippen molar-refractivity contribution in [3.8, 4) is 0 Å². The Balaban J connectivity index is 2.06. The van der Waals surface area contributed by atoms with Gasteiger partial charge in [-0.15, -0.1) is 0 Å². The maximum Gasteiger partial charge on any atom is 0.225 e. The maximum atomic E-state index is 8.96. The van der Waals surface area contributed by atoms with Crippen LogP contribution < -0.4 is 4.90 Å². The molecule has 1 fully saturated rings. The summed E-state index contributed by atoms with van der Waals surface area (Å²) in [4.78, 5) is 10.8. The number of hydrogen-bond acceptors (Lipinski definition) is 5. The van der Waals surface area contributed by atoms with Crippen LogP contribution in [0.2, 0.25) is 0 Å². The lowest BCUT2D eigenvalue weighted by atomic mass is 10.1. The van der Waals surface area contributed by atoms with Gasteiger partial charge in [-0.1, -0.05) is 13.8 Å². The zero-order valence-electron chi connectivity index (χ0n) is 10.4. The van der Waals surface area contributed by atoms with Crippen molar-refractivity contribution in [3.63, 3.8) is 0 Å². The van der Waals surface area contributed by atoms with Crippen molar-refractivity contribution in [1.82, 2.24) is 9.97 Å². The number of anilines is 1. The zero-order valence-corrected chi connectivity index (χ0v) is 11.2. The molecule has 94 valence electrons. The molecule has 2 heterocycles. The summed E-state index contributed by atoms with van der Waals surface area (Å²) in [7, 11) is 0. The van der Waals surface area contributed by atoms with Gasteiger partial charge in [0.05, 0.1) is 6.61 Å². The molecule has 17 heavy (non-hydrogen) atoms. The minimum atomic E-state index is 0.00314. The van der Waals surface area contributed by atoms with Crippen LogP contribution in [-0.2, 0) is 6.61 Å². The van der Waals surface area contributed by atoms with Gasteiger partial charge in [-0.25, -0.2) is 9.97 Å². The van der Waals surface area contributed by atoms with E-state index in [0.717, 1.165) is 36.8 Å². The first-order valence-electron chi connectivity index (χ1n) is 5.91. The van der Waals surface area contributed by atoms with Gasteiger partial charge in [0, 0.05) is 41.5 Å². The second-order valence-electron chi connectivity index (χ2n) is 4.89. The largest absolute Gasteiger partial charge is 0.392 e. The highest BCUT2D eigenvalue weighted by Gasteiger charge is 2.24. The Morgan fingerprint density at radius 2 is 2.06 bits per heavy atom. The van der Waals surface area contributed by atoms with Gasteiger partial charge in [-0.05, 0) is 6.42 Å². The van der Waals surface area contributed by atoms with Crippen LogP contribution in [-0.4, -0.2) is 38.7 Å². The van der Waals surface area contributed by atoms with E-state index in [2.05, 4.69) is 28.7 Å². The van der Waals surface area contributed by atoms with Crippen molar-refractivity contribution in [2.45, 2.75) is 31.6 Å². The third-order valence-electron chi connectivity index (χ3n) is 2.99. The van der Waals surface area contributed by atoms with E-state index in [1.165, 1.54) is 0 Å². The van der Waals surface area contributed by atoms with E-state index in [-0.39, 0.29) is 6.61 Å². The molecular weight excluding hydrogens is 234 g/mol. The molecule has 0 aliphatic carbocycles. The SMILES string of the molecule is CC1(C)CCN(c2ncc(CO)cn2)CCS1. The van der Waals surface area contributed by atoms with Gasteiger partial charge in [-0.3, -0.25) is 0 Å². The lowest BCUT2D eigenvalue weighted by Gasteiger charge is -2.22. The second kappa shape index (κ2) is 5.23. The summed E-state index contributed by atoms with van der Waals surface area (Å²) in [5, 5.41) is 8.96. The van der Waals surface area contributed by atoms with Crippen molar-refractivity contribution in [2.24, 2.45) is 0 Å². The Morgan fingerprint density at radius 3 is 2.71 bits per heavy atom. The Hall–Kier alpha value is -0.810. The van der Waals surface area contributed by atoms with E-state index >= 15 is 0 Å². The van der Waals surface area contributed by atoms with Gasteiger partial charge < -0.3 is 10.0 Å². The smallest absolute Gasteiger partial charge is 0.225 e. The van der Waals surface area contributed by atoms with Crippen LogP contribution in [0.5, 0.6) is 0 Å². The summed E-state index contributed by atoms with van der Waals surface area (Å²) in [5.74, 6) is 1.89. The third-order valence-corrected chi connectivity index (χ3v) is 4.37. The summed E-state index contributed by atoms with van der Waals surface area (Å²) in [6, 6.07) is 0. The van der Waals surface area contributed by atoms with Crippen LogP contribution in [0.25, 0.3) is 0 Å². The Labute approximate surface area is 106 Å². The first-order valence-corrected chi connectivity index (χ1v) is 6.90. The van der Waals surface area contributed by atoms with Crippen LogP contribution in [0.4, 0.5) is 5.95 Å². The fraction of sp³-hybridized carbons (Fsp3) is 0.667. The number of hydrogen-bond donors (Lipinski definition) is 1. The normalized spacial score (nSPS) is 20.1. The standard InChI is InChI=1S/C12H19N3OS/c1-12(2)3-4-15(5-6-17-12)11-13-7-10(9-16)8-14-11/h7-8,16H,3-6,9H2,1-2H3. The molecule has 1 N–H and O–H groups in total. The number of aromatic nitrogens is 2. The molecule has 0 atom stereocenters. The van der Waals surface area contributed by atoms with E-state index in [1.807, 2.05) is 11.8 Å². The molecule has 4 nitrogen and oxygen atoms in total. The second-order valence-corrected chi connectivity index (χ2v) is 6.70. The Morgan fingerprint density at radius 1 is 1.35 bits per heavy atom. The number of thioether (sulfide) groups is 1. The van der Waals surface area contributed by atoms with Gasteiger partial charge in [0.25, 0.3) is 0 Å². The number of aliphatic hydroxyl groups is 1. The zero-order chi connectivity index (χ0) is 12.3. The highest BCUT2D eigenvalue weighted by molar-refractivity contribution is 8.00. The van der Waals surface area contributed by atoms with Crippen molar-refractivity contribution in [3.05, 3.63) is 18.0 Å². The molecule has 0 bridgehead atoms.